The first-order valence-electron chi connectivity index (χ1n) is 8.85. The van der Waals surface area contributed by atoms with Gasteiger partial charge in [-0.15, -0.1) is 11.3 Å². The van der Waals surface area contributed by atoms with E-state index in [0.29, 0.717) is 17.2 Å². The van der Waals surface area contributed by atoms with Crippen LogP contribution in [0.3, 0.4) is 0 Å². The highest BCUT2D eigenvalue weighted by Crippen LogP contribution is 2.32. The van der Waals surface area contributed by atoms with Crippen LogP contribution in [0.2, 0.25) is 0 Å². The lowest BCUT2D eigenvalue weighted by Gasteiger charge is -2.18. The van der Waals surface area contributed by atoms with Gasteiger partial charge < -0.3 is 5.32 Å². The van der Waals surface area contributed by atoms with Crippen LogP contribution in [0.1, 0.15) is 55.7 Å². The first-order chi connectivity index (χ1) is 12.2. The second-order valence-corrected chi connectivity index (χ2v) is 10.3. The number of amides is 1. The molecule has 2 aromatic rings. The van der Waals surface area contributed by atoms with Gasteiger partial charge in [0.2, 0.25) is 5.91 Å². The summed E-state index contributed by atoms with van der Waals surface area (Å²) in [6.07, 6.45) is 0.389. The molecular formula is C20H27NO3S2. The highest BCUT2D eigenvalue weighted by atomic mass is 32.2. The Bertz CT molecular complexity index is 807. The first kappa shape index (κ1) is 20.6. The lowest BCUT2D eigenvalue weighted by atomic mass is 10.0. The molecule has 0 saturated heterocycles. The highest BCUT2D eigenvalue weighted by molar-refractivity contribution is 7.91. The lowest BCUT2D eigenvalue weighted by Crippen LogP contribution is -2.32. The van der Waals surface area contributed by atoms with Crippen molar-refractivity contribution in [3.63, 3.8) is 0 Å². The average Bonchev–Trinajstić information content (AvgIpc) is 3.08. The monoisotopic (exact) mass is 393 g/mol. The Kier molecular flexibility index (Phi) is 7.01. The van der Waals surface area contributed by atoms with Crippen molar-refractivity contribution in [3.05, 3.63) is 52.2 Å². The molecule has 2 rings (SSSR count). The summed E-state index contributed by atoms with van der Waals surface area (Å²) >= 11 is 1.40. The van der Waals surface area contributed by atoms with Crippen molar-refractivity contribution in [1.82, 2.24) is 5.32 Å². The number of carbonyl (C=O) groups is 1. The van der Waals surface area contributed by atoms with Crippen molar-refractivity contribution in [2.45, 2.75) is 50.2 Å². The van der Waals surface area contributed by atoms with Gasteiger partial charge in [-0.1, -0.05) is 45.9 Å². The van der Waals surface area contributed by atoms with E-state index in [1.54, 1.807) is 12.1 Å². The zero-order valence-corrected chi connectivity index (χ0v) is 17.4. The molecule has 0 aliphatic carbocycles. The SMILES string of the molecule is CC(C)CC(=O)NC[C@H](c1cccs1)S(=O)(=O)c1ccc(C(C)C)cc1. The standard InChI is InChI=1S/C20H27NO3S2/c1-14(2)12-20(22)21-13-19(18-6-5-11-25-18)26(23,24)17-9-7-16(8-10-17)15(3)4/h5-11,14-15,19H,12-13H2,1-4H3,(H,21,22)/t19-/m1/s1. The van der Waals surface area contributed by atoms with Gasteiger partial charge in [-0.3, -0.25) is 4.79 Å². The van der Waals surface area contributed by atoms with Crippen molar-refractivity contribution in [3.8, 4) is 0 Å². The van der Waals surface area contributed by atoms with Gasteiger partial charge in [0.1, 0.15) is 5.25 Å². The third-order valence-electron chi connectivity index (χ3n) is 4.19. The Labute approximate surface area is 160 Å². The Balaban J connectivity index is 2.27. The minimum Gasteiger partial charge on any atom is -0.354 e. The summed E-state index contributed by atoms with van der Waals surface area (Å²) in [5.41, 5.74) is 1.10. The third-order valence-corrected chi connectivity index (χ3v) is 7.42. The quantitative estimate of drug-likeness (QED) is 0.716. The number of hydrogen-bond donors (Lipinski definition) is 1. The Morgan fingerprint density at radius 1 is 1.08 bits per heavy atom. The maximum absolute atomic E-state index is 13.2. The Hall–Kier alpha value is -1.66. The normalized spacial score (nSPS) is 13.2. The topological polar surface area (TPSA) is 63.2 Å². The minimum atomic E-state index is -3.59. The van der Waals surface area contributed by atoms with Gasteiger partial charge in [0.05, 0.1) is 4.90 Å². The van der Waals surface area contributed by atoms with E-state index in [2.05, 4.69) is 19.2 Å². The van der Waals surface area contributed by atoms with E-state index in [9.17, 15) is 13.2 Å². The first-order valence-corrected chi connectivity index (χ1v) is 11.3. The van der Waals surface area contributed by atoms with Gasteiger partial charge in [0, 0.05) is 17.8 Å². The van der Waals surface area contributed by atoms with Gasteiger partial charge >= 0.3 is 0 Å². The van der Waals surface area contributed by atoms with Gasteiger partial charge in [0.25, 0.3) is 0 Å². The fraction of sp³-hybridized carbons (Fsp3) is 0.450. The van der Waals surface area contributed by atoms with Crippen LogP contribution in [0.4, 0.5) is 0 Å². The number of thiophene rings is 1. The summed E-state index contributed by atoms with van der Waals surface area (Å²) in [7, 11) is -3.59. The van der Waals surface area contributed by atoms with Gasteiger partial charge in [-0.25, -0.2) is 8.42 Å². The van der Waals surface area contributed by atoms with Crippen LogP contribution in [0.5, 0.6) is 0 Å². The summed E-state index contributed by atoms with van der Waals surface area (Å²) < 4.78 is 26.4. The smallest absolute Gasteiger partial charge is 0.220 e. The van der Waals surface area contributed by atoms with E-state index in [1.807, 2.05) is 43.5 Å². The molecule has 1 aromatic carbocycles. The summed E-state index contributed by atoms with van der Waals surface area (Å²) in [5, 5.41) is 3.88. The van der Waals surface area contributed by atoms with Gasteiger partial charge in [-0.05, 0) is 41.0 Å². The van der Waals surface area contributed by atoms with E-state index in [4.69, 9.17) is 0 Å². The summed E-state index contributed by atoms with van der Waals surface area (Å²) in [4.78, 5) is 13.0. The number of hydrogen-bond acceptors (Lipinski definition) is 4. The van der Waals surface area contributed by atoms with Crippen molar-refractivity contribution in [1.29, 1.82) is 0 Å². The van der Waals surface area contributed by atoms with Crippen molar-refractivity contribution in [2.75, 3.05) is 6.54 Å². The van der Waals surface area contributed by atoms with Crippen LogP contribution in [0.25, 0.3) is 0 Å². The van der Waals surface area contributed by atoms with Crippen molar-refractivity contribution < 1.29 is 13.2 Å². The zero-order valence-electron chi connectivity index (χ0n) is 15.7. The summed E-state index contributed by atoms with van der Waals surface area (Å²) in [5.74, 6) is 0.456. The predicted octanol–water partition coefficient (Wildman–Crippen LogP) is 4.55. The Morgan fingerprint density at radius 3 is 2.23 bits per heavy atom. The molecule has 1 N–H and O–H groups in total. The average molecular weight is 394 g/mol. The van der Waals surface area contributed by atoms with E-state index in [0.717, 1.165) is 10.4 Å². The number of benzene rings is 1. The van der Waals surface area contributed by atoms with E-state index < -0.39 is 15.1 Å². The molecular weight excluding hydrogens is 366 g/mol. The molecule has 0 bridgehead atoms. The molecule has 1 atom stereocenters. The molecule has 0 spiro atoms. The van der Waals surface area contributed by atoms with Gasteiger partial charge in [-0.2, -0.15) is 0 Å². The molecule has 26 heavy (non-hydrogen) atoms. The summed E-state index contributed by atoms with van der Waals surface area (Å²) in [6.45, 7) is 8.15. The molecule has 6 heteroatoms. The number of sulfone groups is 1. The fourth-order valence-corrected chi connectivity index (χ4v) is 5.48. The molecule has 0 aliphatic heterocycles. The highest BCUT2D eigenvalue weighted by Gasteiger charge is 2.30. The maximum Gasteiger partial charge on any atom is 0.220 e. The van der Waals surface area contributed by atoms with Crippen molar-refractivity contribution >= 4 is 27.1 Å². The van der Waals surface area contributed by atoms with E-state index in [1.165, 1.54) is 11.3 Å². The van der Waals surface area contributed by atoms with Crippen LogP contribution >= 0.6 is 11.3 Å². The van der Waals surface area contributed by atoms with Gasteiger partial charge in [0.15, 0.2) is 9.84 Å². The molecule has 1 aromatic heterocycles. The Morgan fingerprint density at radius 2 is 1.73 bits per heavy atom. The second-order valence-electron chi connectivity index (χ2n) is 7.17. The maximum atomic E-state index is 13.2. The van der Waals surface area contributed by atoms with Crippen LogP contribution in [-0.4, -0.2) is 20.9 Å². The number of nitrogens with one attached hydrogen (secondary N) is 1. The second kappa shape index (κ2) is 8.82. The molecule has 1 amide bonds. The van der Waals surface area contributed by atoms with E-state index in [-0.39, 0.29) is 18.4 Å². The molecule has 0 fully saturated rings. The minimum absolute atomic E-state index is 0.0837. The summed E-state index contributed by atoms with van der Waals surface area (Å²) in [6, 6.07) is 10.7. The molecule has 0 radical (unpaired) electrons. The number of rotatable bonds is 8. The molecule has 0 saturated carbocycles. The van der Waals surface area contributed by atoms with Crippen LogP contribution in [-0.2, 0) is 14.6 Å². The molecule has 1 heterocycles. The van der Waals surface area contributed by atoms with E-state index >= 15 is 0 Å². The molecule has 0 unspecified atom stereocenters. The zero-order chi connectivity index (χ0) is 19.3. The molecule has 0 aliphatic rings. The fourth-order valence-electron chi connectivity index (χ4n) is 2.69. The van der Waals surface area contributed by atoms with Crippen LogP contribution < -0.4 is 5.32 Å². The third kappa shape index (κ3) is 5.17. The molecule has 4 nitrogen and oxygen atoms in total. The predicted molar refractivity (Wildman–Crippen MR) is 107 cm³/mol. The number of carbonyl (C=O) groups excluding carboxylic acids is 1. The largest absolute Gasteiger partial charge is 0.354 e. The van der Waals surface area contributed by atoms with Crippen LogP contribution in [0.15, 0.2) is 46.7 Å². The lowest BCUT2D eigenvalue weighted by molar-refractivity contribution is -0.121. The van der Waals surface area contributed by atoms with Crippen molar-refractivity contribution in [2.24, 2.45) is 5.92 Å². The van der Waals surface area contributed by atoms with Crippen LogP contribution in [0, 0.1) is 5.92 Å². The molecule has 142 valence electrons.